The minimum Gasteiger partial charge on any atom is -0.344 e. The third-order valence-electron chi connectivity index (χ3n) is 0. The molecule has 0 saturated carbocycles. The summed E-state index contributed by atoms with van der Waals surface area (Å²) in [5.41, 5.74) is 0. The summed E-state index contributed by atoms with van der Waals surface area (Å²) in [6, 6.07) is 0. The first-order valence-electron chi connectivity index (χ1n) is 0.894. The molecule has 0 aliphatic heterocycles. The van der Waals surface area contributed by atoms with E-state index in [1.54, 1.807) is 0 Å². The van der Waals surface area contributed by atoms with Crippen LogP contribution in [-0.4, -0.2) is 0 Å². The molecule has 0 rings (SSSR count). The van der Waals surface area contributed by atoms with E-state index in [-0.39, 0.29) is 6.15 Å². The van der Waals surface area contributed by atoms with Gasteiger partial charge in [-0.25, -0.2) is 0 Å². The van der Waals surface area contributed by atoms with Gasteiger partial charge in [-0.3, -0.25) is 0 Å². The summed E-state index contributed by atoms with van der Waals surface area (Å²) in [7, 11) is 0. The van der Waals surface area contributed by atoms with Crippen molar-refractivity contribution in [1.82, 2.24) is 6.15 Å². The van der Waals surface area contributed by atoms with Crippen molar-refractivity contribution in [2.24, 2.45) is 0 Å². The van der Waals surface area contributed by atoms with Gasteiger partial charge in [0.25, 0.3) is 0 Å². The highest BCUT2D eigenvalue weighted by molar-refractivity contribution is 7.85. The van der Waals surface area contributed by atoms with Crippen molar-refractivity contribution in [3.05, 3.63) is 0 Å². The van der Waals surface area contributed by atoms with Gasteiger partial charge < -0.3 is 6.15 Å². The maximum atomic E-state index is 7.18. The topological polar surface area (TPSA) is 82.6 Å². The van der Waals surface area contributed by atoms with Crippen LogP contribution in [0.1, 0.15) is 0 Å². The predicted molar refractivity (Wildman–Crippen MR) is 34.2 cm³/mol. The van der Waals surface area contributed by atoms with E-state index in [1.165, 1.54) is 10.8 Å². The molecule has 0 atom stereocenters. The molecule has 0 fully saturated rings. The van der Waals surface area contributed by atoms with Crippen molar-refractivity contribution in [2.75, 3.05) is 0 Å². The van der Waals surface area contributed by atoms with E-state index < -0.39 is 0 Å². The molecule has 0 unspecified atom stereocenters. The molecule has 5 heteroatoms. The SMILES string of the molecule is N.N#CS.N#CS. The molecule has 0 spiro atoms. The molecule has 0 aromatic rings. The molecule has 3 nitrogen and oxygen atoms in total. The van der Waals surface area contributed by atoms with E-state index in [0.717, 1.165) is 0 Å². The van der Waals surface area contributed by atoms with Gasteiger partial charge in [-0.05, 0) is 0 Å². The highest BCUT2D eigenvalue weighted by atomic mass is 32.1. The Morgan fingerprint density at radius 1 is 1.00 bits per heavy atom. The standard InChI is InChI=1S/2CHNS.H3N/c2*2-1-3;/h2*3H;1H3. The molecule has 7 heavy (non-hydrogen) atoms. The van der Waals surface area contributed by atoms with Crippen LogP contribution >= 0.6 is 25.3 Å². The zero-order chi connectivity index (χ0) is 5.41. The van der Waals surface area contributed by atoms with E-state index in [9.17, 15) is 0 Å². The zero-order valence-corrected chi connectivity index (χ0v) is 5.28. The summed E-state index contributed by atoms with van der Waals surface area (Å²) in [4.78, 5) is 0. The van der Waals surface area contributed by atoms with Gasteiger partial charge in [0.2, 0.25) is 0 Å². The summed E-state index contributed by atoms with van der Waals surface area (Å²) < 4.78 is 0. The van der Waals surface area contributed by atoms with Gasteiger partial charge in [-0.1, -0.05) is 25.3 Å². The molecule has 0 saturated heterocycles. The third-order valence-corrected chi connectivity index (χ3v) is 0. The van der Waals surface area contributed by atoms with Crippen LogP contribution in [0.4, 0.5) is 0 Å². The van der Waals surface area contributed by atoms with Gasteiger partial charge in [-0.2, -0.15) is 10.5 Å². The molecule has 3 N–H and O–H groups in total. The van der Waals surface area contributed by atoms with Gasteiger partial charge in [0.15, 0.2) is 0 Å². The molecular weight excluding hydrogens is 130 g/mol. The second-order valence-corrected chi connectivity index (χ2v) is 0.600. The van der Waals surface area contributed by atoms with Gasteiger partial charge in [0, 0.05) is 0 Å². The van der Waals surface area contributed by atoms with Gasteiger partial charge in [0.05, 0.1) is 0 Å². The number of thiocyanates is 2. The highest BCUT2D eigenvalue weighted by Crippen LogP contribution is 1.46. The molecule has 0 bridgehead atoms. The van der Waals surface area contributed by atoms with Crippen LogP contribution in [0.3, 0.4) is 0 Å². The summed E-state index contributed by atoms with van der Waals surface area (Å²) in [6.07, 6.45) is 0. The Labute approximate surface area is 53.3 Å². The second kappa shape index (κ2) is 45.1. The lowest BCUT2D eigenvalue weighted by atomic mass is 11.8. The van der Waals surface area contributed by atoms with E-state index in [4.69, 9.17) is 10.5 Å². The molecule has 0 heterocycles. The van der Waals surface area contributed by atoms with Crippen molar-refractivity contribution in [1.29, 1.82) is 10.5 Å². The maximum absolute atomic E-state index is 7.18. The largest absolute Gasteiger partial charge is 0.344 e. The fourth-order valence-corrected chi connectivity index (χ4v) is 0. The first kappa shape index (κ1) is 15.9. The van der Waals surface area contributed by atoms with E-state index in [2.05, 4.69) is 25.3 Å². The molecule has 0 aromatic carbocycles. The summed E-state index contributed by atoms with van der Waals surface area (Å²) >= 11 is 6.19. The number of nitriles is 2. The van der Waals surface area contributed by atoms with Crippen molar-refractivity contribution in [2.45, 2.75) is 0 Å². The molecule has 0 aliphatic carbocycles. The Kier molecular flexibility index (Phi) is 103. The van der Waals surface area contributed by atoms with Crippen LogP contribution in [0.5, 0.6) is 0 Å². The number of hydrogen-bond acceptors (Lipinski definition) is 5. The fourth-order valence-electron chi connectivity index (χ4n) is 0. The first-order chi connectivity index (χ1) is 2.83. The van der Waals surface area contributed by atoms with Gasteiger partial charge in [-0.15, -0.1) is 0 Å². The summed E-state index contributed by atoms with van der Waals surface area (Å²) in [5.74, 6) is 0. The maximum Gasteiger partial charge on any atom is 0.130 e. The number of rotatable bonds is 0. The average molecular weight is 135 g/mol. The number of nitrogens with zero attached hydrogens (tertiary/aromatic N) is 2. The van der Waals surface area contributed by atoms with Crippen LogP contribution in [0.15, 0.2) is 0 Å². The smallest absolute Gasteiger partial charge is 0.130 e. The zero-order valence-electron chi connectivity index (χ0n) is 3.50. The number of hydrogen-bond donors (Lipinski definition) is 3. The molecular formula is C2H5N3S2. The lowest BCUT2D eigenvalue weighted by molar-refractivity contribution is 1.57. The number of thiol groups is 2. The van der Waals surface area contributed by atoms with Crippen LogP contribution in [0.2, 0.25) is 0 Å². The van der Waals surface area contributed by atoms with Crippen LogP contribution in [0, 0.1) is 21.3 Å². The monoisotopic (exact) mass is 135 g/mol. The van der Waals surface area contributed by atoms with Crippen molar-refractivity contribution >= 4 is 25.3 Å². The molecule has 0 radical (unpaired) electrons. The Bertz CT molecular complexity index is 65.9. The average Bonchev–Trinajstić information content (AvgIpc) is 1.39. The lowest BCUT2D eigenvalue weighted by Gasteiger charge is -1.14. The second-order valence-electron chi connectivity index (χ2n) is 0.200. The molecule has 0 amide bonds. The minimum atomic E-state index is 0. The van der Waals surface area contributed by atoms with Gasteiger partial charge >= 0.3 is 0 Å². The Morgan fingerprint density at radius 3 is 1.00 bits per heavy atom. The quantitative estimate of drug-likeness (QED) is 0.341. The van der Waals surface area contributed by atoms with Crippen molar-refractivity contribution in [3.63, 3.8) is 0 Å². The van der Waals surface area contributed by atoms with Crippen LogP contribution < -0.4 is 6.15 Å². The van der Waals surface area contributed by atoms with Crippen LogP contribution in [-0.2, 0) is 0 Å². The van der Waals surface area contributed by atoms with E-state index in [0.29, 0.717) is 0 Å². The fraction of sp³-hybridized carbons (Fsp3) is 0. The Hall–Kier alpha value is -0.360. The first-order valence-corrected chi connectivity index (χ1v) is 1.79. The Balaban J connectivity index is -0.0000000400. The Morgan fingerprint density at radius 2 is 1.00 bits per heavy atom. The van der Waals surface area contributed by atoms with Crippen LogP contribution in [0.25, 0.3) is 0 Å². The molecule has 0 aromatic heterocycles. The van der Waals surface area contributed by atoms with E-state index >= 15 is 0 Å². The van der Waals surface area contributed by atoms with E-state index in [1.807, 2.05) is 0 Å². The minimum absolute atomic E-state index is 0. The van der Waals surface area contributed by atoms with Crippen molar-refractivity contribution < 1.29 is 0 Å². The van der Waals surface area contributed by atoms with Gasteiger partial charge in [0.1, 0.15) is 10.8 Å². The lowest BCUT2D eigenvalue weighted by Crippen LogP contribution is -0.961. The normalized spacial score (nSPS) is 2.29. The summed E-state index contributed by atoms with van der Waals surface area (Å²) in [5, 5.41) is 17.3. The summed E-state index contributed by atoms with van der Waals surface area (Å²) in [6.45, 7) is 0. The molecule has 40 valence electrons. The predicted octanol–water partition coefficient (Wildman–Crippen LogP) is 0.957. The molecule has 0 aliphatic rings. The van der Waals surface area contributed by atoms with Crippen molar-refractivity contribution in [3.8, 4) is 10.8 Å². The highest BCUT2D eigenvalue weighted by Gasteiger charge is 1.18. The third kappa shape index (κ3) is 577.